The predicted molar refractivity (Wildman–Crippen MR) is 58.5 cm³/mol. The summed E-state index contributed by atoms with van der Waals surface area (Å²) in [5.74, 6) is -0.302. The van der Waals surface area contributed by atoms with Gasteiger partial charge in [-0.1, -0.05) is 0 Å². The van der Waals surface area contributed by atoms with Crippen molar-refractivity contribution in [2.24, 2.45) is 0 Å². The Balaban J connectivity index is 2.80. The number of amides is 2. The van der Waals surface area contributed by atoms with Crippen LogP contribution in [0.25, 0.3) is 0 Å². The van der Waals surface area contributed by atoms with E-state index in [4.69, 9.17) is 0 Å². The first-order valence-electron chi connectivity index (χ1n) is 4.80. The third kappa shape index (κ3) is 2.68. The third-order valence-electron chi connectivity index (χ3n) is 2.30. The number of nitrogens with zero attached hydrogens (tertiary/aromatic N) is 2. The highest BCUT2D eigenvalue weighted by Crippen LogP contribution is 2.14. The Labute approximate surface area is 89.1 Å². The van der Waals surface area contributed by atoms with Gasteiger partial charge in [0.15, 0.2) is 0 Å². The van der Waals surface area contributed by atoms with E-state index in [1.54, 1.807) is 31.1 Å². The maximum Gasteiger partial charge on any atom is 0.323 e. The van der Waals surface area contributed by atoms with Crippen molar-refractivity contribution in [3.63, 3.8) is 0 Å². The van der Waals surface area contributed by atoms with Crippen LogP contribution in [0.1, 0.15) is 6.92 Å². The van der Waals surface area contributed by atoms with Crippen LogP contribution < -0.4 is 4.90 Å². The van der Waals surface area contributed by atoms with E-state index in [1.807, 2.05) is 6.92 Å². The van der Waals surface area contributed by atoms with Crippen molar-refractivity contribution in [1.29, 1.82) is 0 Å². The van der Waals surface area contributed by atoms with Crippen LogP contribution in [0.15, 0.2) is 24.3 Å². The summed E-state index contributed by atoms with van der Waals surface area (Å²) in [4.78, 5) is 14.8. The average molecular weight is 210 g/mol. The Morgan fingerprint density at radius 2 is 1.80 bits per heavy atom. The standard InChI is InChI=1S/C11H15FN2O/c1-4-13(2)11(15)14(3)10-7-5-9(12)6-8-10/h5-8H,4H2,1-3H3. The number of carbonyl (C=O) groups is 1. The minimum absolute atomic E-state index is 0.107. The van der Waals surface area contributed by atoms with E-state index in [2.05, 4.69) is 0 Å². The number of benzene rings is 1. The summed E-state index contributed by atoms with van der Waals surface area (Å²) in [5, 5.41) is 0. The molecule has 0 bridgehead atoms. The van der Waals surface area contributed by atoms with Gasteiger partial charge in [0.1, 0.15) is 5.82 Å². The molecule has 3 nitrogen and oxygen atoms in total. The number of halogens is 1. The van der Waals surface area contributed by atoms with Crippen LogP contribution in [0.3, 0.4) is 0 Å². The van der Waals surface area contributed by atoms with Crippen molar-refractivity contribution in [3.8, 4) is 0 Å². The molecule has 0 aromatic heterocycles. The maximum absolute atomic E-state index is 12.7. The molecule has 2 amide bonds. The van der Waals surface area contributed by atoms with Gasteiger partial charge in [-0.15, -0.1) is 0 Å². The molecule has 1 aromatic rings. The second-order valence-corrected chi connectivity index (χ2v) is 3.33. The Morgan fingerprint density at radius 3 is 2.27 bits per heavy atom. The molecule has 0 saturated carbocycles. The number of urea groups is 1. The van der Waals surface area contributed by atoms with Crippen molar-refractivity contribution >= 4 is 11.7 Å². The molecule has 4 heteroatoms. The Morgan fingerprint density at radius 1 is 1.27 bits per heavy atom. The molecule has 0 spiro atoms. The molecule has 0 aliphatic carbocycles. The van der Waals surface area contributed by atoms with Crippen LogP contribution in [0.4, 0.5) is 14.9 Å². The molecule has 0 N–H and O–H groups in total. The lowest BCUT2D eigenvalue weighted by Gasteiger charge is -2.23. The minimum Gasteiger partial charge on any atom is -0.328 e. The van der Waals surface area contributed by atoms with Gasteiger partial charge < -0.3 is 4.90 Å². The Bertz CT molecular complexity index is 337. The van der Waals surface area contributed by atoms with Gasteiger partial charge in [-0.2, -0.15) is 0 Å². The molecule has 0 aliphatic heterocycles. The molecule has 0 atom stereocenters. The lowest BCUT2D eigenvalue weighted by molar-refractivity contribution is 0.219. The molecular formula is C11H15FN2O. The van der Waals surface area contributed by atoms with Crippen LogP contribution in [0, 0.1) is 5.82 Å². The summed E-state index contributed by atoms with van der Waals surface area (Å²) in [7, 11) is 3.39. The smallest absolute Gasteiger partial charge is 0.323 e. The predicted octanol–water partition coefficient (Wildman–Crippen LogP) is 2.33. The molecule has 0 radical (unpaired) electrons. The average Bonchev–Trinajstić information content (AvgIpc) is 2.27. The number of rotatable bonds is 2. The monoisotopic (exact) mass is 210 g/mol. The molecule has 0 heterocycles. The topological polar surface area (TPSA) is 23.6 Å². The fourth-order valence-electron chi connectivity index (χ4n) is 1.17. The van der Waals surface area contributed by atoms with E-state index in [-0.39, 0.29) is 11.8 Å². The molecule has 0 fully saturated rings. The Hall–Kier alpha value is -1.58. The van der Waals surface area contributed by atoms with Gasteiger partial charge >= 0.3 is 6.03 Å². The van der Waals surface area contributed by atoms with E-state index in [0.717, 1.165) is 0 Å². The first kappa shape index (κ1) is 11.5. The highest BCUT2D eigenvalue weighted by Gasteiger charge is 2.13. The van der Waals surface area contributed by atoms with Gasteiger partial charge in [0.2, 0.25) is 0 Å². The SMILES string of the molecule is CCN(C)C(=O)N(C)c1ccc(F)cc1. The fraction of sp³-hybridized carbons (Fsp3) is 0.364. The highest BCUT2D eigenvalue weighted by molar-refractivity contribution is 5.91. The molecule has 82 valence electrons. The minimum atomic E-state index is -0.302. The Kier molecular flexibility index (Phi) is 3.66. The van der Waals surface area contributed by atoms with E-state index < -0.39 is 0 Å². The molecule has 1 aromatic carbocycles. The second kappa shape index (κ2) is 4.77. The second-order valence-electron chi connectivity index (χ2n) is 3.33. The van der Waals surface area contributed by atoms with E-state index in [0.29, 0.717) is 12.2 Å². The number of hydrogen-bond donors (Lipinski definition) is 0. The maximum atomic E-state index is 12.7. The summed E-state index contributed by atoms with van der Waals surface area (Å²) in [6, 6.07) is 5.73. The summed E-state index contributed by atoms with van der Waals surface area (Å²) in [5.41, 5.74) is 0.682. The molecule has 0 saturated heterocycles. The van der Waals surface area contributed by atoms with E-state index >= 15 is 0 Å². The molecule has 0 unspecified atom stereocenters. The molecular weight excluding hydrogens is 195 g/mol. The number of anilines is 1. The molecule has 1 rings (SSSR count). The van der Waals surface area contributed by atoms with Gasteiger partial charge in [0.25, 0.3) is 0 Å². The summed E-state index contributed by atoms with van der Waals surface area (Å²) < 4.78 is 12.7. The lowest BCUT2D eigenvalue weighted by Crippen LogP contribution is -2.38. The zero-order valence-electron chi connectivity index (χ0n) is 9.20. The molecule has 0 aliphatic rings. The van der Waals surface area contributed by atoms with E-state index in [9.17, 15) is 9.18 Å². The lowest BCUT2D eigenvalue weighted by atomic mass is 10.3. The van der Waals surface area contributed by atoms with Crippen molar-refractivity contribution < 1.29 is 9.18 Å². The first-order chi connectivity index (χ1) is 7.06. The number of hydrogen-bond acceptors (Lipinski definition) is 1. The van der Waals surface area contributed by atoms with Crippen molar-refractivity contribution in [3.05, 3.63) is 30.1 Å². The van der Waals surface area contributed by atoms with Crippen molar-refractivity contribution in [1.82, 2.24) is 4.90 Å². The zero-order valence-corrected chi connectivity index (χ0v) is 9.20. The van der Waals surface area contributed by atoms with Crippen LogP contribution >= 0.6 is 0 Å². The highest BCUT2D eigenvalue weighted by atomic mass is 19.1. The summed E-state index contributed by atoms with van der Waals surface area (Å²) >= 11 is 0. The van der Waals surface area contributed by atoms with Crippen LogP contribution in [0.2, 0.25) is 0 Å². The third-order valence-corrected chi connectivity index (χ3v) is 2.30. The van der Waals surface area contributed by atoms with Crippen molar-refractivity contribution in [2.45, 2.75) is 6.92 Å². The summed E-state index contributed by atoms with van der Waals surface area (Å²) in [6.45, 7) is 2.54. The van der Waals surface area contributed by atoms with Crippen LogP contribution in [-0.4, -0.2) is 31.6 Å². The van der Waals surface area contributed by atoms with Gasteiger partial charge in [0, 0.05) is 26.3 Å². The van der Waals surface area contributed by atoms with Gasteiger partial charge in [-0.25, -0.2) is 9.18 Å². The van der Waals surface area contributed by atoms with E-state index in [1.165, 1.54) is 17.0 Å². The normalized spacial score (nSPS) is 9.87. The van der Waals surface area contributed by atoms with Crippen molar-refractivity contribution in [2.75, 3.05) is 25.5 Å². The van der Waals surface area contributed by atoms with Gasteiger partial charge in [0.05, 0.1) is 0 Å². The summed E-state index contributed by atoms with van der Waals surface area (Å²) in [6.07, 6.45) is 0. The number of carbonyl (C=O) groups excluding carboxylic acids is 1. The zero-order chi connectivity index (χ0) is 11.4. The first-order valence-corrected chi connectivity index (χ1v) is 4.80. The fourth-order valence-corrected chi connectivity index (χ4v) is 1.17. The van der Waals surface area contributed by atoms with Crippen LogP contribution in [-0.2, 0) is 0 Å². The van der Waals surface area contributed by atoms with Gasteiger partial charge in [-0.05, 0) is 31.2 Å². The van der Waals surface area contributed by atoms with Crippen LogP contribution in [0.5, 0.6) is 0 Å². The quantitative estimate of drug-likeness (QED) is 0.735. The largest absolute Gasteiger partial charge is 0.328 e. The molecule has 15 heavy (non-hydrogen) atoms. The van der Waals surface area contributed by atoms with Gasteiger partial charge in [-0.3, -0.25) is 4.90 Å².